The molecule has 0 aliphatic carbocycles. The number of fused-ring (bicyclic) bond motifs is 1. The van der Waals surface area contributed by atoms with Gasteiger partial charge in [-0.1, -0.05) is 6.07 Å². The van der Waals surface area contributed by atoms with Gasteiger partial charge in [0.1, 0.15) is 11.6 Å². The van der Waals surface area contributed by atoms with Crippen molar-refractivity contribution in [2.75, 3.05) is 0 Å². The largest absolute Gasteiger partial charge is 0.352 e. The van der Waals surface area contributed by atoms with E-state index in [9.17, 15) is 23.3 Å². The third kappa shape index (κ3) is 3.89. The summed E-state index contributed by atoms with van der Waals surface area (Å²) in [5.41, 5.74) is 1.02. The second-order valence-corrected chi connectivity index (χ2v) is 7.16. The molecule has 1 saturated heterocycles. The van der Waals surface area contributed by atoms with E-state index in [2.05, 4.69) is 10.6 Å². The summed E-state index contributed by atoms with van der Waals surface area (Å²) in [5.74, 6) is -2.26. The first-order valence-corrected chi connectivity index (χ1v) is 8.94. The van der Waals surface area contributed by atoms with Crippen LogP contribution in [0.3, 0.4) is 0 Å². The highest BCUT2D eigenvalue weighted by Gasteiger charge is 2.48. The fourth-order valence-electron chi connectivity index (χ4n) is 3.72. The molecule has 8 heteroatoms. The van der Waals surface area contributed by atoms with Crippen molar-refractivity contribution in [2.24, 2.45) is 0 Å². The fourth-order valence-corrected chi connectivity index (χ4v) is 3.72. The molecule has 1 aromatic rings. The van der Waals surface area contributed by atoms with Gasteiger partial charge in [-0.3, -0.25) is 9.59 Å². The number of carbonyl (C=O) groups excluding carboxylic acids is 2. The molecule has 2 amide bonds. The normalized spacial score (nSPS) is 25.1. The number of carbonyl (C=O) groups is 2. The molecule has 0 bridgehead atoms. The Morgan fingerprint density at radius 1 is 1.33 bits per heavy atom. The minimum absolute atomic E-state index is 0.115. The van der Waals surface area contributed by atoms with Gasteiger partial charge < -0.3 is 10.6 Å². The Morgan fingerprint density at radius 3 is 2.78 bits per heavy atom. The lowest BCUT2D eigenvalue weighted by molar-refractivity contribution is -0.622. The fraction of sp³-hybridized carbons (Fsp3) is 0.474. The van der Waals surface area contributed by atoms with Crippen LogP contribution in [0, 0.1) is 16.5 Å². The molecule has 2 N–H and O–H groups in total. The molecule has 0 aromatic heterocycles. The van der Waals surface area contributed by atoms with Gasteiger partial charge in [-0.15, -0.1) is 0 Å². The lowest BCUT2D eigenvalue weighted by Crippen LogP contribution is -2.57. The first kappa shape index (κ1) is 19.1. The number of hydrogen-bond acceptors (Lipinski definition) is 3. The van der Waals surface area contributed by atoms with Crippen molar-refractivity contribution >= 4 is 11.8 Å². The summed E-state index contributed by atoms with van der Waals surface area (Å²) in [4.78, 5) is 37.1. The standard InChI is InChI=1S/C19H21F2N3O3/c1-10-3-6-16-18(24(10)27)11(2)14(19(26)23-16)8-17(25)22-9-12-4-5-13(20)7-15(12)21/h4-5,7,10,16,18H,3,6,8-9H2,1-2H3,(H-,22,23,25,26)/p+1. The average molecular weight is 378 g/mol. The molecule has 3 rings (SSSR count). The maximum atomic E-state index is 13.6. The molecule has 2 aliphatic heterocycles. The van der Waals surface area contributed by atoms with Gasteiger partial charge in [-0.05, 0) is 19.4 Å². The Balaban J connectivity index is 1.70. The average Bonchev–Trinajstić information content (AvgIpc) is 2.61. The monoisotopic (exact) mass is 378 g/mol. The van der Waals surface area contributed by atoms with Crippen LogP contribution >= 0.6 is 0 Å². The second kappa shape index (κ2) is 7.54. The first-order chi connectivity index (χ1) is 12.8. The SMILES string of the molecule is CC1=C(CC(=O)NCc2ccc(F)cc2F)C(=O)NC2CCC(C)[N+](=O)C12. The maximum absolute atomic E-state index is 13.6. The van der Waals surface area contributed by atoms with Gasteiger partial charge in [-0.25, -0.2) is 8.78 Å². The Bertz CT molecular complexity index is 837. The predicted molar refractivity (Wildman–Crippen MR) is 93.6 cm³/mol. The maximum Gasteiger partial charge on any atom is 0.248 e. The Kier molecular flexibility index (Phi) is 5.34. The summed E-state index contributed by atoms with van der Waals surface area (Å²) in [7, 11) is 0. The molecule has 6 nitrogen and oxygen atoms in total. The van der Waals surface area contributed by atoms with E-state index in [-0.39, 0.29) is 42.1 Å². The van der Waals surface area contributed by atoms with Crippen molar-refractivity contribution in [1.82, 2.24) is 10.6 Å². The molecule has 2 heterocycles. The molecule has 0 spiro atoms. The van der Waals surface area contributed by atoms with Crippen LogP contribution < -0.4 is 10.6 Å². The van der Waals surface area contributed by atoms with Crippen LogP contribution in [-0.2, 0) is 16.1 Å². The van der Waals surface area contributed by atoms with E-state index in [4.69, 9.17) is 0 Å². The molecule has 3 unspecified atom stereocenters. The highest BCUT2D eigenvalue weighted by atomic mass is 19.1. The topological polar surface area (TPSA) is 78.3 Å². The Morgan fingerprint density at radius 2 is 2.07 bits per heavy atom. The third-order valence-corrected chi connectivity index (χ3v) is 5.32. The number of benzene rings is 1. The molecule has 1 fully saturated rings. The van der Waals surface area contributed by atoms with Crippen LogP contribution in [0.1, 0.15) is 38.7 Å². The summed E-state index contributed by atoms with van der Waals surface area (Å²) in [6.45, 7) is 3.44. The summed E-state index contributed by atoms with van der Waals surface area (Å²) in [5, 5.41) is 5.36. The van der Waals surface area contributed by atoms with Crippen molar-refractivity contribution < 1.29 is 23.1 Å². The summed E-state index contributed by atoms with van der Waals surface area (Å²) >= 11 is 0. The van der Waals surface area contributed by atoms with Crippen molar-refractivity contribution in [3.05, 3.63) is 51.5 Å². The summed E-state index contributed by atoms with van der Waals surface area (Å²) < 4.78 is 27.6. The zero-order valence-corrected chi connectivity index (χ0v) is 15.2. The number of nitrogens with one attached hydrogen (secondary N) is 2. The van der Waals surface area contributed by atoms with Gasteiger partial charge in [0.05, 0.1) is 12.5 Å². The minimum Gasteiger partial charge on any atom is -0.352 e. The van der Waals surface area contributed by atoms with E-state index in [1.54, 1.807) is 6.92 Å². The highest BCUT2D eigenvalue weighted by molar-refractivity contribution is 6.00. The van der Waals surface area contributed by atoms with Crippen molar-refractivity contribution in [3.63, 3.8) is 0 Å². The molecule has 27 heavy (non-hydrogen) atoms. The van der Waals surface area contributed by atoms with Crippen LogP contribution in [0.15, 0.2) is 29.3 Å². The van der Waals surface area contributed by atoms with Gasteiger partial charge in [0.25, 0.3) is 0 Å². The van der Waals surface area contributed by atoms with Crippen LogP contribution in [0.2, 0.25) is 0 Å². The lowest BCUT2D eigenvalue weighted by atomic mass is 9.83. The zero-order chi connectivity index (χ0) is 19.7. The van der Waals surface area contributed by atoms with Gasteiger partial charge >= 0.3 is 0 Å². The lowest BCUT2D eigenvalue weighted by Gasteiger charge is -2.33. The van der Waals surface area contributed by atoms with Crippen LogP contribution in [0.25, 0.3) is 0 Å². The van der Waals surface area contributed by atoms with Crippen LogP contribution in [0.5, 0.6) is 0 Å². The van der Waals surface area contributed by atoms with E-state index in [0.29, 0.717) is 12.0 Å². The first-order valence-electron chi connectivity index (χ1n) is 8.94. The molecule has 0 radical (unpaired) electrons. The Labute approximate surface area is 155 Å². The van der Waals surface area contributed by atoms with Gasteiger partial charge in [0.15, 0.2) is 6.04 Å². The van der Waals surface area contributed by atoms with E-state index >= 15 is 0 Å². The molecular formula is C19H22F2N3O3+. The highest BCUT2D eigenvalue weighted by Crippen LogP contribution is 2.30. The molecular weight excluding hydrogens is 356 g/mol. The van der Waals surface area contributed by atoms with Crippen molar-refractivity contribution in [3.8, 4) is 0 Å². The molecule has 0 saturated carbocycles. The van der Waals surface area contributed by atoms with E-state index in [1.165, 1.54) is 6.07 Å². The van der Waals surface area contributed by atoms with Crippen molar-refractivity contribution in [1.29, 1.82) is 0 Å². The van der Waals surface area contributed by atoms with E-state index in [0.717, 1.165) is 23.3 Å². The predicted octanol–water partition coefficient (Wildman–Crippen LogP) is 2.12. The number of hydrogen-bond donors (Lipinski definition) is 2. The molecule has 2 aliphatic rings. The molecule has 144 valence electrons. The number of nitrogens with zero attached hydrogens (tertiary/aromatic N) is 1. The van der Waals surface area contributed by atoms with Gasteiger partial charge in [0, 0.05) is 52.3 Å². The van der Waals surface area contributed by atoms with E-state index < -0.39 is 23.6 Å². The zero-order valence-electron chi connectivity index (χ0n) is 15.2. The quantitative estimate of drug-likeness (QED) is 0.788. The van der Waals surface area contributed by atoms with Crippen LogP contribution in [-0.4, -0.2) is 34.7 Å². The number of piperidine rings is 1. The number of nitroso groups, excluding NO2 is 1. The number of amides is 2. The third-order valence-electron chi connectivity index (χ3n) is 5.32. The molecule has 3 atom stereocenters. The van der Waals surface area contributed by atoms with Crippen LogP contribution in [0.4, 0.5) is 8.78 Å². The van der Waals surface area contributed by atoms with Gasteiger partial charge in [-0.2, -0.15) is 0 Å². The summed E-state index contributed by atoms with van der Waals surface area (Å²) in [6.07, 6.45) is 1.22. The summed E-state index contributed by atoms with van der Waals surface area (Å²) in [6, 6.07) is 2.25. The van der Waals surface area contributed by atoms with Crippen molar-refractivity contribution in [2.45, 2.75) is 57.8 Å². The molecule has 1 aromatic carbocycles. The minimum atomic E-state index is -0.748. The smallest absolute Gasteiger partial charge is 0.248 e. The second-order valence-electron chi connectivity index (χ2n) is 7.16. The van der Waals surface area contributed by atoms with Gasteiger partial charge in [0.2, 0.25) is 17.9 Å². The Hall–Kier alpha value is -2.64. The van der Waals surface area contributed by atoms with E-state index in [1.807, 2.05) is 6.92 Å². The number of rotatable bonds is 4. The number of halogens is 2.